The highest BCUT2D eigenvalue weighted by molar-refractivity contribution is 5.87. The minimum Gasteiger partial charge on any atom is -0.496 e. The van der Waals surface area contributed by atoms with E-state index in [9.17, 15) is 9.90 Å². The van der Waals surface area contributed by atoms with Crippen molar-refractivity contribution >= 4 is 10.8 Å². The molecule has 17 heavy (non-hydrogen) atoms. The van der Waals surface area contributed by atoms with Crippen molar-refractivity contribution in [2.45, 2.75) is 19.4 Å². The lowest BCUT2D eigenvalue weighted by atomic mass is 10.1. The average molecular weight is 234 g/mol. The Kier molecular flexibility index (Phi) is 3.15. The molecule has 4 nitrogen and oxygen atoms in total. The number of hydrogen-bond acceptors (Lipinski definition) is 4. The van der Waals surface area contributed by atoms with Gasteiger partial charge in [-0.2, -0.15) is 0 Å². The standard InChI is InChI=1S/C13H14O4/c1-8(14)6-9-7-11-10(13(15)17-9)4-3-5-12(11)16-2/h3-5,7-8,14H,6H2,1-2H3. The van der Waals surface area contributed by atoms with Gasteiger partial charge in [0.25, 0.3) is 0 Å². The maximum atomic E-state index is 11.7. The number of fused-ring (bicyclic) bond motifs is 1. The highest BCUT2D eigenvalue weighted by Crippen LogP contribution is 2.24. The van der Waals surface area contributed by atoms with Crippen molar-refractivity contribution in [3.05, 3.63) is 40.4 Å². The highest BCUT2D eigenvalue weighted by Gasteiger charge is 2.10. The zero-order chi connectivity index (χ0) is 12.4. The Morgan fingerprint density at radius 3 is 2.82 bits per heavy atom. The summed E-state index contributed by atoms with van der Waals surface area (Å²) in [6.07, 6.45) is -0.242. The van der Waals surface area contributed by atoms with Crippen LogP contribution >= 0.6 is 0 Å². The lowest BCUT2D eigenvalue weighted by Crippen LogP contribution is -2.08. The summed E-state index contributed by atoms with van der Waals surface area (Å²) in [6.45, 7) is 1.65. The van der Waals surface area contributed by atoms with E-state index in [0.717, 1.165) is 0 Å². The van der Waals surface area contributed by atoms with E-state index in [1.54, 1.807) is 38.3 Å². The van der Waals surface area contributed by atoms with E-state index in [-0.39, 0.29) is 0 Å². The number of benzene rings is 1. The predicted molar refractivity (Wildman–Crippen MR) is 64.4 cm³/mol. The highest BCUT2D eigenvalue weighted by atomic mass is 16.5. The molecule has 0 saturated heterocycles. The molecule has 90 valence electrons. The van der Waals surface area contributed by atoms with Gasteiger partial charge in [-0.15, -0.1) is 0 Å². The van der Waals surface area contributed by atoms with Gasteiger partial charge in [-0.3, -0.25) is 0 Å². The van der Waals surface area contributed by atoms with Crippen LogP contribution in [0.25, 0.3) is 10.8 Å². The second-order valence-corrected chi connectivity index (χ2v) is 3.97. The molecule has 0 fully saturated rings. The van der Waals surface area contributed by atoms with Crippen molar-refractivity contribution in [1.29, 1.82) is 0 Å². The van der Waals surface area contributed by atoms with E-state index < -0.39 is 11.7 Å². The summed E-state index contributed by atoms with van der Waals surface area (Å²) in [7, 11) is 1.55. The van der Waals surface area contributed by atoms with Crippen molar-refractivity contribution < 1.29 is 14.3 Å². The fourth-order valence-corrected chi connectivity index (χ4v) is 1.81. The fourth-order valence-electron chi connectivity index (χ4n) is 1.81. The first-order valence-electron chi connectivity index (χ1n) is 5.39. The van der Waals surface area contributed by atoms with Gasteiger partial charge >= 0.3 is 5.63 Å². The molecule has 1 N–H and O–H groups in total. The van der Waals surface area contributed by atoms with Crippen LogP contribution < -0.4 is 10.4 Å². The third kappa shape index (κ3) is 2.31. The van der Waals surface area contributed by atoms with Crippen LogP contribution in [0.15, 0.2) is 33.5 Å². The zero-order valence-electron chi connectivity index (χ0n) is 9.77. The molecule has 0 bridgehead atoms. The maximum Gasteiger partial charge on any atom is 0.343 e. The third-order valence-electron chi connectivity index (χ3n) is 2.53. The monoisotopic (exact) mass is 234 g/mol. The Hall–Kier alpha value is -1.81. The van der Waals surface area contributed by atoms with Crippen molar-refractivity contribution in [1.82, 2.24) is 0 Å². The second kappa shape index (κ2) is 4.59. The van der Waals surface area contributed by atoms with E-state index in [2.05, 4.69) is 0 Å². The van der Waals surface area contributed by atoms with Crippen LogP contribution in [0, 0.1) is 0 Å². The van der Waals surface area contributed by atoms with E-state index in [0.29, 0.717) is 28.7 Å². The van der Waals surface area contributed by atoms with Gasteiger partial charge in [0.1, 0.15) is 11.5 Å². The molecular formula is C13H14O4. The Bertz CT molecular complexity index is 583. The molecule has 1 unspecified atom stereocenters. The van der Waals surface area contributed by atoms with Gasteiger partial charge in [0, 0.05) is 11.8 Å². The van der Waals surface area contributed by atoms with E-state index in [4.69, 9.17) is 9.15 Å². The number of rotatable bonds is 3. The summed E-state index contributed by atoms with van der Waals surface area (Å²) in [4.78, 5) is 11.7. The van der Waals surface area contributed by atoms with E-state index in [1.807, 2.05) is 0 Å². The zero-order valence-corrected chi connectivity index (χ0v) is 9.77. The molecule has 1 aromatic heterocycles. The van der Waals surface area contributed by atoms with Crippen LogP contribution in [0.1, 0.15) is 12.7 Å². The number of aliphatic hydroxyl groups excluding tert-OH is 1. The van der Waals surface area contributed by atoms with Crippen LogP contribution in [0.4, 0.5) is 0 Å². The Balaban J connectivity index is 2.66. The third-order valence-corrected chi connectivity index (χ3v) is 2.53. The topological polar surface area (TPSA) is 59.7 Å². The Morgan fingerprint density at radius 2 is 2.18 bits per heavy atom. The summed E-state index contributed by atoms with van der Waals surface area (Å²) in [5, 5.41) is 10.5. The molecule has 2 aromatic rings. The molecule has 0 saturated carbocycles. The molecule has 0 spiro atoms. The summed E-state index contributed by atoms with van der Waals surface area (Å²) in [6, 6.07) is 6.96. The largest absolute Gasteiger partial charge is 0.496 e. The summed E-state index contributed by atoms with van der Waals surface area (Å²) in [5.41, 5.74) is -0.406. The first kappa shape index (κ1) is 11.7. The van der Waals surface area contributed by atoms with Gasteiger partial charge in [0.15, 0.2) is 0 Å². The molecule has 4 heteroatoms. The van der Waals surface area contributed by atoms with E-state index >= 15 is 0 Å². The lowest BCUT2D eigenvalue weighted by Gasteiger charge is -2.07. The van der Waals surface area contributed by atoms with Crippen molar-refractivity contribution in [3.63, 3.8) is 0 Å². The molecule has 1 atom stereocenters. The average Bonchev–Trinajstić information content (AvgIpc) is 2.27. The predicted octanol–water partition coefficient (Wildman–Crippen LogP) is 1.72. The van der Waals surface area contributed by atoms with Crippen LogP contribution in [-0.2, 0) is 6.42 Å². The van der Waals surface area contributed by atoms with Crippen molar-refractivity contribution in [3.8, 4) is 5.75 Å². The number of hydrogen-bond donors (Lipinski definition) is 1. The van der Waals surface area contributed by atoms with Gasteiger partial charge in [0.2, 0.25) is 0 Å². The van der Waals surface area contributed by atoms with Gasteiger partial charge in [-0.1, -0.05) is 6.07 Å². The normalized spacial score (nSPS) is 12.6. The molecule has 1 aromatic carbocycles. The quantitative estimate of drug-likeness (QED) is 0.878. The maximum absolute atomic E-state index is 11.7. The fraction of sp³-hybridized carbons (Fsp3) is 0.308. The molecular weight excluding hydrogens is 220 g/mol. The molecule has 0 aliphatic rings. The van der Waals surface area contributed by atoms with Gasteiger partial charge in [-0.05, 0) is 25.1 Å². The molecule has 2 rings (SSSR count). The van der Waals surface area contributed by atoms with Crippen LogP contribution in [0.3, 0.4) is 0 Å². The van der Waals surface area contributed by atoms with Crippen molar-refractivity contribution in [2.24, 2.45) is 0 Å². The number of aliphatic hydroxyl groups is 1. The van der Waals surface area contributed by atoms with Gasteiger partial charge < -0.3 is 14.3 Å². The second-order valence-electron chi connectivity index (χ2n) is 3.97. The smallest absolute Gasteiger partial charge is 0.343 e. The molecule has 0 amide bonds. The summed E-state index contributed by atoms with van der Waals surface area (Å²) in [5.74, 6) is 1.09. The minimum absolute atomic E-state index is 0.309. The Labute approximate surface area is 98.4 Å². The van der Waals surface area contributed by atoms with Crippen LogP contribution in [0.5, 0.6) is 5.75 Å². The van der Waals surface area contributed by atoms with Gasteiger partial charge in [-0.25, -0.2) is 4.79 Å². The summed E-state index contributed by atoms with van der Waals surface area (Å²) < 4.78 is 10.3. The van der Waals surface area contributed by atoms with Gasteiger partial charge in [0.05, 0.1) is 18.6 Å². The molecule has 0 aliphatic heterocycles. The van der Waals surface area contributed by atoms with Crippen LogP contribution in [-0.4, -0.2) is 18.3 Å². The molecule has 0 aliphatic carbocycles. The van der Waals surface area contributed by atoms with E-state index in [1.165, 1.54) is 0 Å². The Morgan fingerprint density at radius 1 is 1.41 bits per heavy atom. The SMILES string of the molecule is COc1cccc2c(=O)oc(CC(C)O)cc12. The van der Waals surface area contributed by atoms with Crippen LogP contribution in [0.2, 0.25) is 0 Å². The lowest BCUT2D eigenvalue weighted by molar-refractivity contribution is 0.186. The van der Waals surface area contributed by atoms with Crippen molar-refractivity contribution in [2.75, 3.05) is 7.11 Å². The summed E-state index contributed by atoms with van der Waals surface area (Å²) >= 11 is 0. The number of ether oxygens (including phenoxy) is 1. The molecule has 1 heterocycles. The molecule has 0 radical (unpaired) electrons. The first-order valence-corrected chi connectivity index (χ1v) is 5.39. The minimum atomic E-state index is -0.551. The first-order chi connectivity index (χ1) is 8.11. The number of methoxy groups -OCH3 is 1.